The van der Waals surface area contributed by atoms with Crippen LogP contribution in [-0.2, 0) is 16.6 Å². The van der Waals surface area contributed by atoms with Crippen LogP contribution in [0.25, 0.3) is 22.2 Å². The van der Waals surface area contributed by atoms with Crippen molar-refractivity contribution in [1.29, 1.82) is 0 Å². The lowest BCUT2D eigenvalue weighted by molar-refractivity contribution is 0.483. The standard InChI is InChI=1S/C27H31N5O3S/c1-3-12-36(33,34)31-19-6-8-21(17(2)13-19)27-26(29)22-9-7-20(35-25-15-30-11-10-23(25)28)14-24(22)32(27)16-18-4-5-18/h6-11,13-15,18,31H,3-5,12,16,29H2,1-2H3,(H2,28,30). The normalized spacial score (nSPS) is 13.7. The maximum absolute atomic E-state index is 12.2. The van der Waals surface area contributed by atoms with Gasteiger partial charge in [0.15, 0.2) is 5.75 Å². The summed E-state index contributed by atoms with van der Waals surface area (Å²) in [6.45, 7) is 4.67. The molecule has 0 spiro atoms. The summed E-state index contributed by atoms with van der Waals surface area (Å²) < 4.78 is 35.5. The SMILES string of the molecule is CCCS(=O)(=O)Nc1ccc(-c2c(N)c3ccc(Oc4cnccc4N)cc3n2CC2CC2)c(C)c1. The van der Waals surface area contributed by atoms with Gasteiger partial charge < -0.3 is 20.8 Å². The Kier molecular flexibility index (Phi) is 6.26. The zero-order valence-corrected chi connectivity index (χ0v) is 21.3. The van der Waals surface area contributed by atoms with Gasteiger partial charge in [0.2, 0.25) is 10.0 Å². The first-order valence-corrected chi connectivity index (χ1v) is 13.8. The summed E-state index contributed by atoms with van der Waals surface area (Å²) in [7, 11) is -3.36. The number of sulfonamides is 1. The van der Waals surface area contributed by atoms with Crippen molar-refractivity contribution in [1.82, 2.24) is 9.55 Å². The number of pyridine rings is 1. The molecule has 2 aromatic carbocycles. The van der Waals surface area contributed by atoms with Gasteiger partial charge in [0.1, 0.15) is 5.75 Å². The zero-order valence-electron chi connectivity index (χ0n) is 20.5. The van der Waals surface area contributed by atoms with Crippen molar-refractivity contribution in [3.63, 3.8) is 0 Å². The Balaban J connectivity index is 1.57. The fourth-order valence-electron chi connectivity index (χ4n) is 4.55. The maximum Gasteiger partial charge on any atom is 0.232 e. The Hall–Kier alpha value is -3.72. The number of fused-ring (bicyclic) bond motifs is 1. The first-order chi connectivity index (χ1) is 17.3. The molecule has 0 atom stereocenters. The van der Waals surface area contributed by atoms with Crippen molar-refractivity contribution in [2.24, 2.45) is 5.92 Å². The molecular formula is C27H31N5O3S. The van der Waals surface area contributed by atoms with Crippen LogP contribution in [0.4, 0.5) is 17.1 Å². The summed E-state index contributed by atoms with van der Waals surface area (Å²) in [5, 5.41) is 0.948. The van der Waals surface area contributed by atoms with Crippen LogP contribution in [0.1, 0.15) is 31.7 Å². The molecule has 0 aliphatic heterocycles. The Morgan fingerprint density at radius 2 is 1.94 bits per heavy atom. The minimum Gasteiger partial charge on any atom is -0.453 e. The molecule has 9 heteroatoms. The first kappa shape index (κ1) is 24.0. The van der Waals surface area contributed by atoms with E-state index in [0.29, 0.717) is 40.9 Å². The van der Waals surface area contributed by atoms with Gasteiger partial charge in [0.05, 0.1) is 34.5 Å². The van der Waals surface area contributed by atoms with Crippen LogP contribution >= 0.6 is 0 Å². The number of aryl methyl sites for hydroxylation is 1. The summed E-state index contributed by atoms with van der Waals surface area (Å²) in [6.07, 6.45) is 6.17. The van der Waals surface area contributed by atoms with Crippen molar-refractivity contribution < 1.29 is 13.2 Å². The highest BCUT2D eigenvalue weighted by molar-refractivity contribution is 7.92. The third-order valence-electron chi connectivity index (χ3n) is 6.48. The number of benzene rings is 2. The molecule has 0 saturated heterocycles. The summed E-state index contributed by atoms with van der Waals surface area (Å²) in [4.78, 5) is 4.10. The van der Waals surface area contributed by atoms with Gasteiger partial charge in [0.25, 0.3) is 0 Å². The Morgan fingerprint density at radius 1 is 1.14 bits per heavy atom. The van der Waals surface area contributed by atoms with E-state index >= 15 is 0 Å². The van der Waals surface area contributed by atoms with E-state index in [1.165, 1.54) is 12.8 Å². The second-order valence-electron chi connectivity index (χ2n) is 9.46. The number of anilines is 3. The molecule has 4 aromatic rings. The van der Waals surface area contributed by atoms with E-state index in [9.17, 15) is 8.42 Å². The highest BCUT2D eigenvalue weighted by Crippen LogP contribution is 2.43. The molecule has 5 N–H and O–H groups in total. The fourth-order valence-corrected chi connectivity index (χ4v) is 5.68. The number of hydrogen-bond donors (Lipinski definition) is 3. The highest BCUT2D eigenvalue weighted by atomic mass is 32.2. The van der Waals surface area contributed by atoms with Crippen LogP contribution in [0.2, 0.25) is 0 Å². The molecule has 1 fully saturated rings. The molecule has 0 bridgehead atoms. The molecule has 2 heterocycles. The summed E-state index contributed by atoms with van der Waals surface area (Å²) >= 11 is 0. The third-order valence-corrected chi connectivity index (χ3v) is 7.98. The van der Waals surface area contributed by atoms with E-state index in [2.05, 4.69) is 14.3 Å². The summed E-state index contributed by atoms with van der Waals surface area (Å²) in [5.74, 6) is 1.85. The number of nitrogens with two attached hydrogens (primary N) is 2. The van der Waals surface area contributed by atoms with Crippen LogP contribution in [0, 0.1) is 12.8 Å². The van der Waals surface area contributed by atoms with Crippen LogP contribution in [-0.4, -0.2) is 23.7 Å². The summed E-state index contributed by atoms with van der Waals surface area (Å²) in [5.41, 5.74) is 18.4. The minimum atomic E-state index is -3.36. The number of ether oxygens (including phenoxy) is 1. The van der Waals surface area contributed by atoms with Gasteiger partial charge in [-0.1, -0.05) is 13.0 Å². The molecule has 36 heavy (non-hydrogen) atoms. The van der Waals surface area contributed by atoms with Gasteiger partial charge in [-0.2, -0.15) is 0 Å². The predicted octanol–water partition coefficient (Wildman–Crippen LogP) is 5.53. The van der Waals surface area contributed by atoms with E-state index in [4.69, 9.17) is 16.2 Å². The van der Waals surface area contributed by atoms with Crippen molar-refractivity contribution in [2.45, 2.75) is 39.7 Å². The monoisotopic (exact) mass is 505 g/mol. The average Bonchev–Trinajstić information content (AvgIpc) is 3.60. The number of aromatic nitrogens is 2. The lowest BCUT2D eigenvalue weighted by atomic mass is 10.0. The Bertz CT molecular complexity index is 1540. The van der Waals surface area contributed by atoms with Crippen molar-refractivity contribution in [3.8, 4) is 22.8 Å². The molecule has 0 amide bonds. The molecule has 188 valence electrons. The fraction of sp³-hybridized carbons (Fsp3) is 0.296. The molecule has 5 rings (SSSR count). The maximum atomic E-state index is 12.2. The molecular weight excluding hydrogens is 474 g/mol. The summed E-state index contributed by atoms with van der Waals surface area (Å²) in [6, 6.07) is 13.2. The lowest BCUT2D eigenvalue weighted by Crippen LogP contribution is -2.16. The van der Waals surface area contributed by atoms with E-state index in [0.717, 1.165) is 34.3 Å². The third kappa shape index (κ3) is 4.83. The smallest absolute Gasteiger partial charge is 0.232 e. The largest absolute Gasteiger partial charge is 0.453 e. The highest BCUT2D eigenvalue weighted by Gasteiger charge is 2.26. The lowest BCUT2D eigenvalue weighted by Gasteiger charge is -2.15. The number of rotatable bonds is 9. The quantitative estimate of drug-likeness (QED) is 0.275. The molecule has 1 saturated carbocycles. The molecule has 8 nitrogen and oxygen atoms in total. The van der Waals surface area contributed by atoms with Crippen LogP contribution < -0.4 is 20.9 Å². The molecule has 1 aliphatic rings. The zero-order chi connectivity index (χ0) is 25.4. The first-order valence-electron chi connectivity index (χ1n) is 12.2. The predicted molar refractivity (Wildman–Crippen MR) is 146 cm³/mol. The molecule has 2 aromatic heterocycles. The van der Waals surface area contributed by atoms with Gasteiger partial charge in [-0.05, 0) is 68.0 Å². The molecule has 1 aliphatic carbocycles. The Labute approximate surface area is 211 Å². The van der Waals surface area contributed by atoms with E-state index in [1.54, 1.807) is 24.5 Å². The van der Waals surface area contributed by atoms with Crippen molar-refractivity contribution in [3.05, 3.63) is 60.4 Å². The second-order valence-corrected chi connectivity index (χ2v) is 11.3. The van der Waals surface area contributed by atoms with Gasteiger partial charge in [0, 0.05) is 35.4 Å². The van der Waals surface area contributed by atoms with Gasteiger partial charge in [-0.3, -0.25) is 9.71 Å². The number of nitrogens with one attached hydrogen (secondary N) is 1. The molecule has 0 radical (unpaired) electrons. The minimum absolute atomic E-state index is 0.0888. The van der Waals surface area contributed by atoms with Gasteiger partial charge in [-0.15, -0.1) is 0 Å². The number of nitrogen functional groups attached to an aromatic ring is 2. The van der Waals surface area contributed by atoms with E-state index < -0.39 is 10.0 Å². The second kappa shape index (κ2) is 9.39. The Morgan fingerprint density at radius 3 is 2.64 bits per heavy atom. The van der Waals surface area contributed by atoms with Gasteiger partial charge in [-0.25, -0.2) is 8.42 Å². The van der Waals surface area contributed by atoms with Crippen molar-refractivity contribution in [2.75, 3.05) is 21.9 Å². The van der Waals surface area contributed by atoms with E-state index in [1.807, 2.05) is 44.2 Å². The number of nitrogens with zero attached hydrogens (tertiary/aromatic N) is 2. The van der Waals surface area contributed by atoms with Crippen LogP contribution in [0.3, 0.4) is 0 Å². The van der Waals surface area contributed by atoms with Crippen LogP contribution in [0.15, 0.2) is 54.9 Å². The van der Waals surface area contributed by atoms with Crippen molar-refractivity contribution >= 4 is 38.0 Å². The number of hydrogen-bond acceptors (Lipinski definition) is 6. The van der Waals surface area contributed by atoms with Crippen LogP contribution in [0.5, 0.6) is 11.5 Å². The average molecular weight is 506 g/mol. The molecule has 0 unspecified atom stereocenters. The topological polar surface area (TPSA) is 125 Å². The van der Waals surface area contributed by atoms with Gasteiger partial charge >= 0.3 is 0 Å². The van der Waals surface area contributed by atoms with E-state index in [-0.39, 0.29) is 5.75 Å².